The van der Waals surface area contributed by atoms with Gasteiger partial charge in [0, 0.05) is 23.1 Å². The first-order chi connectivity index (χ1) is 8.39. The van der Waals surface area contributed by atoms with Crippen LogP contribution in [0.1, 0.15) is 30.1 Å². The fourth-order valence-corrected chi connectivity index (χ4v) is 2.63. The number of halogens is 2. The topological polar surface area (TPSA) is 40.5 Å². The zero-order valence-electron chi connectivity index (χ0n) is 10.1. The zero-order chi connectivity index (χ0) is 13.3. The quantitative estimate of drug-likeness (QED) is 0.858. The Balaban J connectivity index is 2.18. The lowest BCUT2D eigenvalue weighted by atomic mass is 9.94. The van der Waals surface area contributed by atoms with Crippen LogP contribution in [0.2, 0.25) is 5.02 Å². The fourth-order valence-electron chi connectivity index (χ4n) is 2.21. The summed E-state index contributed by atoms with van der Waals surface area (Å²) in [6.45, 7) is 2.82. The second-order valence-corrected chi connectivity index (χ2v) is 6.22. The van der Waals surface area contributed by atoms with Crippen molar-refractivity contribution >= 4 is 33.4 Å². The predicted molar refractivity (Wildman–Crippen MR) is 74.9 cm³/mol. The normalized spacial score (nSPS) is 24.1. The molecule has 1 aliphatic rings. The Bertz CT molecular complexity index is 476. The first-order valence-corrected chi connectivity index (χ1v) is 7.03. The van der Waals surface area contributed by atoms with Crippen molar-refractivity contribution < 1.29 is 9.90 Å². The Morgan fingerprint density at radius 1 is 1.56 bits per heavy atom. The first-order valence-electron chi connectivity index (χ1n) is 5.86. The van der Waals surface area contributed by atoms with Gasteiger partial charge in [-0.2, -0.15) is 0 Å². The van der Waals surface area contributed by atoms with Gasteiger partial charge >= 0.3 is 0 Å². The molecule has 1 N–H and O–H groups in total. The second-order valence-electron chi connectivity index (χ2n) is 4.96. The molecule has 0 saturated carbocycles. The maximum absolute atomic E-state index is 12.3. The van der Waals surface area contributed by atoms with Crippen LogP contribution < -0.4 is 0 Å². The molecule has 1 fully saturated rings. The van der Waals surface area contributed by atoms with Crippen LogP contribution in [0.5, 0.6) is 0 Å². The molecule has 98 valence electrons. The lowest BCUT2D eigenvalue weighted by Gasteiger charge is -2.36. The third-order valence-electron chi connectivity index (χ3n) is 3.13. The van der Waals surface area contributed by atoms with Gasteiger partial charge in [-0.3, -0.25) is 4.79 Å². The van der Waals surface area contributed by atoms with Gasteiger partial charge in [0.05, 0.1) is 10.6 Å². The van der Waals surface area contributed by atoms with E-state index in [4.69, 9.17) is 11.6 Å². The summed E-state index contributed by atoms with van der Waals surface area (Å²) in [4.78, 5) is 14.0. The van der Waals surface area contributed by atoms with E-state index in [2.05, 4.69) is 15.9 Å². The smallest absolute Gasteiger partial charge is 0.254 e. The summed E-state index contributed by atoms with van der Waals surface area (Å²) in [6, 6.07) is 5.15. The van der Waals surface area contributed by atoms with Crippen molar-refractivity contribution in [2.75, 3.05) is 13.1 Å². The molecule has 1 heterocycles. The number of β-amino-alcohol motifs (C(OH)–C–C–N with tert-alkyl or cyclic N) is 1. The van der Waals surface area contributed by atoms with Crippen molar-refractivity contribution in [3.8, 4) is 0 Å². The number of hydrogen-bond donors (Lipinski definition) is 1. The average molecular weight is 333 g/mol. The number of piperidine rings is 1. The van der Waals surface area contributed by atoms with Gasteiger partial charge in [0.15, 0.2) is 0 Å². The summed E-state index contributed by atoms with van der Waals surface area (Å²) in [7, 11) is 0. The minimum absolute atomic E-state index is 0.0793. The van der Waals surface area contributed by atoms with Crippen LogP contribution in [-0.4, -0.2) is 34.6 Å². The molecule has 0 aliphatic carbocycles. The van der Waals surface area contributed by atoms with E-state index < -0.39 is 5.60 Å². The van der Waals surface area contributed by atoms with Gasteiger partial charge in [-0.25, -0.2) is 0 Å². The summed E-state index contributed by atoms with van der Waals surface area (Å²) in [6.07, 6.45) is 1.56. The number of amides is 1. The molecule has 2 rings (SSSR count). The van der Waals surface area contributed by atoms with Gasteiger partial charge in [-0.1, -0.05) is 11.6 Å². The number of likely N-dealkylation sites (tertiary alicyclic amines) is 1. The Morgan fingerprint density at radius 3 is 2.89 bits per heavy atom. The van der Waals surface area contributed by atoms with Crippen LogP contribution in [0.3, 0.4) is 0 Å². The molecule has 0 radical (unpaired) electrons. The molecular weight excluding hydrogens is 318 g/mol. The van der Waals surface area contributed by atoms with Crippen LogP contribution in [0.4, 0.5) is 0 Å². The van der Waals surface area contributed by atoms with Gasteiger partial charge in [-0.05, 0) is 53.9 Å². The molecule has 0 aromatic heterocycles. The molecule has 1 unspecified atom stereocenters. The maximum Gasteiger partial charge on any atom is 0.254 e. The fraction of sp³-hybridized carbons (Fsp3) is 0.462. The lowest BCUT2D eigenvalue weighted by Crippen LogP contribution is -2.48. The largest absolute Gasteiger partial charge is 0.388 e. The monoisotopic (exact) mass is 331 g/mol. The van der Waals surface area contributed by atoms with Crippen LogP contribution >= 0.6 is 27.5 Å². The number of aliphatic hydroxyl groups is 1. The molecule has 0 bridgehead atoms. The molecule has 1 atom stereocenters. The maximum atomic E-state index is 12.3. The van der Waals surface area contributed by atoms with E-state index in [0.717, 1.165) is 17.3 Å². The van der Waals surface area contributed by atoms with Gasteiger partial charge in [0.1, 0.15) is 0 Å². The van der Waals surface area contributed by atoms with Crippen molar-refractivity contribution in [1.82, 2.24) is 4.90 Å². The van der Waals surface area contributed by atoms with Crippen LogP contribution in [0.25, 0.3) is 0 Å². The van der Waals surface area contributed by atoms with Crippen molar-refractivity contribution in [3.05, 3.63) is 33.3 Å². The number of carbonyl (C=O) groups is 1. The van der Waals surface area contributed by atoms with Crippen molar-refractivity contribution in [2.24, 2.45) is 0 Å². The van der Waals surface area contributed by atoms with Crippen molar-refractivity contribution in [3.63, 3.8) is 0 Å². The van der Waals surface area contributed by atoms with E-state index in [1.807, 2.05) is 0 Å². The van der Waals surface area contributed by atoms with E-state index >= 15 is 0 Å². The summed E-state index contributed by atoms with van der Waals surface area (Å²) in [5, 5.41) is 10.5. The third kappa shape index (κ3) is 3.05. The summed E-state index contributed by atoms with van der Waals surface area (Å²) >= 11 is 9.28. The van der Waals surface area contributed by atoms with Crippen LogP contribution in [0, 0.1) is 0 Å². The molecule has 1 amide bonds. The van der Waals surface area contributed by atoms with Crippen molar-refractivity contribution in [1.29, 1.82) is 0 Å². The minimum Gasteiger partial charge on any atom is -0.388 e. The number of nitrogens with zero attached hydrogens (tertiary/aromatic N) is 1. The van der Waals surface area contributed by atoms with E-state index in [1.165, 1.54) is 0 Å². The molecular formula is C13H15BrClNO2. The third-order valence-corrected chi connectivity index (χ3v) is 4.36. The van der Waals surface area contributed by atoms with Crippen LogP contribution in [-0.2, 0) is 0 Å². The molecule has 1 saturated heterocycles. The highest BCUT2D eigenvalue weighted by atomic mass is 79.9. The molecule has 1 aromatic carbocycles. The lowest BCUT2D eigenvalue weighted by molar-refractivity contribution is -0.0107. The van der Waals surface area contributed by atoms with Gasteiger partial charge in [0.25, 0.3) is 5.91 Å². The Kier molecular flexibility index (Phi) is 3.99. The number of carbonyl (C=O) groups excluding carboxylic acids is 1. The number of hydrogen-bond acceptors (Lipinski definition) is 2. The molecule has 5 heteroatoms. The second kappa shape index (κ2) is 5.19. The highest BCUT2D eigenvalue weighted by molar-refractivity contribution is 9.10. The van der Waals surface area contributed by atoms with E-state index in [0.29, 0.717) is 23.7 Å². The highest BCUT2D eigenvalue weighted by Crippen LogP contribution is 2.26. The van der Waals surface area contributed by atoms with E-state index in [-0.39, 0.29) is 5.91 Å². The van der Waals surface area contributed by atoms with Gasteiger partial charge < -0.3 is 10.0 Å². The Morgan fingerprint density at radius 2 is 2.28 bits per heavy atom. The average Bonchev–Trinajstić information content (AvgIpc) is 2.30. The van der Waals surface area contributed by atoms with E-state index in [1.54, 1.807) is 30.0 Å². The molecule has 0 spiro atoms. The zero-order valence-corrected chi connectivity index (χ0v) is 12.5. The molecule has 3 nitrogen and oxygen atoms in total. The summed E-state index contributed by atoms with van der Waals surface area (Å²) in [5.41, 5.74) is -0.228. The molecule has 1 aliphatic heterocycles. The Hall–Kier alpha value is -0.580. The molecule has 1 aromatic rings. The number of rotatable bonds is 1. The van der Waals surface area contributed by atoms with Gasteiger partial charge in [-0.15, -0.1) is 0 Å². The standard InChI is InChI=1S/C13H15BrClNO2/c1-13(18)5-2-6-16(8-13)12(17)9-3-4-10(14)11(15)7-9/h3-4,7,18H,2,5-6,8H2,1H3. The minimum atomic E-state index is -0.785. The first kappa shape index (κ1) is 13.8. The predicted octanol–water partition coefficient (Wildman–Crippen LogP) is 3.09. The highest BCUT2D eigenvalue weighted by Gasteiger charge is 2.31. The molecule has 18 heavy (non-hydrogen) atoms. The Labute approximate surface area is 120 Å². The summed E-state index contributed by atoms with van der Waals surface area (Å²) < 4.78 is 0.770. The number of benzene rings is 1. The van der Waals surface area contributed by atoms with Crippen molar-refractivity contribution in [2.45, 2.75) is 25.4 Å². The SMILES string of the molecule is CC1(O)CCCN(C(=O)c2ccc(Br)c(Cl)c2)C1. The van der Waals surface area contributed by atoms with Crippen LogP contribution in [0.15, 0.2) is 22.7 Å². The van der Waals surface area contributed by atoms with Gasteiger partial charge in [0.2, 0.25) is 0 Å². The van der Waals surface area contributed by atoms with E-state index in [9.17, 15) is 9.90 Å². The summed E-state index contributed by atoms with van der Waals surface area (Å²) in [5.74, 6) is -0.0793.